The molecule has 0 aromatic rings. The van der Waals surface area contributed by atoms with Gasteiger partial charge in [0.2, 0.25) is 0 Å². The third kappa shape index (κ3) is 4.21. The van der Waals surface area contributed by atoms with Crippen molar-refractivity contribution in [1.82, 2.24) is 10.6 Å². The van der Waals surface area contributed by atoms with Crippen molar-refractivity contribution in [3.63, 3.8) is 0 Å². The van der Waals surface area contributed by atoms with Gasteiger partial charge in [0, 0.05) is 31.2 Å². The molecule has 19 heavy (non-hydrogen) atoms. The normalized spacial score (nSPS) is 28.5. The lowest BCUT2D eigenvalue weighted by atomic mass is 9.64. The number of rotatable bonds is 5. The summed E-state index contributed by atoms with van der Waals surface area (Å²) in [6.07, 6.45) is 5.00. The van der Waals surface area contributed by atoms with Gasteiger partial charge in [0.15, 0.2) is 5.96 Å². The minimum absolute atomic E-state index is 0. The second kappa shape index (κ2) is 7.67. The lowest BCUT2D eigenvalue weighted by Crippen LogP contribution is -2.64. The number of hydrogen-bond donors (Lipinski definition) is 2. The van der Waals surface area contributed by atoms with Gasteiger partial charge in [-0.2, -0.15) is 0 Å². The highest BCUT2D eigenvalue weighted by Crippen LogP contribution is 2.42. The van der Waals surface area contributed by atoms with Gasteiger partial charge in [0.05, 0.1) is 6.10 Å². The minimum atomic E-state index is 0. The second-order valence-electron chi connectivity index (χ2n) is 5.98. The van der Waals surface area contributed by atoms with Crippen LogP contribution in [-0.4, -0.2) is 37.8 Å². The summed E-state index contributed by atoms with van der Waals surface area (Å²) in [7, 11) is 0. The van der Waals surface area contributed by atoms with Gasteiger partial charge in [0.1, 0.15) is 0 Å². The Morgan fingerprint density at radius 3 is 2.84 bits per heavy atom. The van der Waals surface area contributed by atoms with Gasteiger partial charge < -0.3 is 15.4 Å². The average molecular weight is 381 g/mol. The zero-order valence-electron chi connectivity index (χ0n) is 12.4. The molecule has 1 fully saturated rings. The SMILES string of the molecule is CCCCOC1CC(NC2=NCCCN2)C1(C)C.I. The molecule has 4 nitrogen and oxygen atoms in total. The van der Waals surface area contributed by atoms with Crippen LogP contribution in [0.5, 0.6) is 0 Å². The average Bonchev–Trinajstić information content (AvgIpc) is 2.38. The van der Waals surface area contributed by atoms with Crippen LogP contribution in [0.25, 0.3) is 0 Å². The van der Waals surface area contributed by atoms with Crippen LogP contribution >= 0.6 is 24.0 Å². The van der Waals surface area contributed by atoms with E-state index in [0.29, 0.717) is 12.1 Å². The summed E-state index contributed by atoms with van der Waals surface area (Å²) in [5.74, 6) is 0.978. The summed E-state index contributed by atoms with van der Waals surface area (Å²) in [5, 5.41) is 6.85. The van der Waals surface area contributed by atoms with E-state index in [9.17, 15) is 0 Å². The van der Waals surface area contributed by atoms with Crippen molar-refractivity contribution in [1.29, 1.82) is 0 Å². The van der Waals surface area contributed by atoms with E-state index in [4.69, 9.17) is 4.74 Å². The Balaban J connectivity index is 0.00000180. The summed E-state index contributed by atoms with van der Waals surface area (Å²) in [6.45, 7) is 9.65. The summed E-state index contributed by atoms with van der Waals surface area (Å²) < 4.78 is 5.95. The Morgan fingerprint density at radius 2 is 2.26 bits per heavy atom. The fraction of sp³-hybridized carbons (Fsp3) is 0.929. The van der Waals surface area contributed by atoms with Crippen LogP contribution in [0, 0.1) is 5.41 Å². The van der Waals surface area contributed by atoms with E-state index >= 15 is 0 Å². The van der Waals surface area contributed by atoms with Crippen molar-refractivity contribution in [2.45, 2.75) is 58.6 Å². The van der Waals surface area contributed by atoms with E-state index in [0.717, 1.165) is 38.5 Å². The predicted octanol–water partition coefficient (Wildman–Crippen LogP) is 2.53. The molecule has 0 spiro atoms. The Hall–Kier alpha value is -0.0400. The number of nitrogens with zero attached hydrogens (tertiary/aromatic N) is 1. The zero-order valence-corrected chi connectivity index (χ0v) is 14.7. The van der Waals surface area contributed by atoms with Crippen LogP contribution in [0.2, 0.25) is 0 Å². The van der Waals surface area contributed by atoms with E-state index in [2.05, 4.69) is 36.4 Å². The predicted molar refractivity (Wildman–Crippen MR) is 90.3 cm³/mol. The van der Waals surface area contributed by atoms with Crippen LogP contribution < -0.4 is 10.6 Å². The third-order valence-electron chi connectivity index (χ3n) is 4.20. The molecule has 0 saturated heterocycles. The third-order valence-corrected chi connectivity index (χ3v) is 4.20. The molecule has 0 amide bonds. The van der Waals surface area contributed by atoms with Crippen LogP contribution in [0.3, 0.4) is 0 Å². The number of guanidine groups is 1. The van der Waals surface area contributed by atoms with Gasteiger partial charge >= 0.3 is 0 Å². The highest BCUT2D eigenvalue weighted by atomic mass is 127. The lowest BCUT2D eigenvalue weighted by Gasteiger charge is -2.52. The fourth-order valence-corrected chi connectivity index (χ4v) is 2.58. The van der Waals surface area contributed by atoms with Crippen LogP contribution in [0.15, 0.2) is 4.99 Å². The molecule has 1 saturated carbocycles. The molecule has 2 N–H and O–H groups in total. The van der Waals surface area contributed by atoms with Gasteiger partial charge in [-0.3, -0.25) is 4.99 Å². The molecule has 2 aliphatic rings. The van der Waals surface area contributed by atoms with Gasteiger partial charge in [-0.15, -0.1) is 24.0 Å². The topological polar surface area (TPSA) is 45.6 Å². The first-order valence-electron chi connectivity index (χ1n) is 7.31. The Kier molecular flexibility index (Phi) is 6.86. The quantitative estimate of drug-likeness (QED) is 0.568. The minimum Gasteiger partial charge on any atom is -0.378 e. The summed E-state index contributed by atoms with van der Waals surface area (Å²) in [6, 6.07) is 0.480. The molecule has 0 bridgehead atoms. The highest BCUT2D eigenvalue weighted by molar-refractivity contribution is 14.0. The molecule has 2 atom stereocenters. The first-order valence-corrected chi connectivity index (χ1v) is 7.31. The second-order valence-corrected chi connectivity index (χ2v) is 5.98. The molecule has 112 valence electrons. The molecule has 1 heterocycles. The first-order chi connectivity index (χ1) is 8.64. The Morgan fingerprint density at radius 1 is 1.47 bits per heavy atom. The maximum atomic E-state index is 5.95. The zero-order chi connectivity index (χ0) is 13.0. The molecular formula is C14H28IN3O. The summed E-state index contributed by atoms with van der Waals surface area (Å²) in [5.41, 5.74) is 0.204. The molecule has 0 radical (unpaired) electrons. The standard InChI is InChI=1S/C14H27N3O.HI/c1-4-5-9-18-12-10-11(14(12,2)3)17-13-15-7-6-8-16-13;/h11-12H,4-10H2,1-3H3,(H2,15,16,17);1H. The molecule has 0 aromatic heterocycles. The fourth-order valence-electron chi connectivity index (χ4n) is 2.58. The monoisotopic (exact) mass is 381 g/mol. The lowest BCUT2D eigenvalue weighted by molar-refractivity contribution is -0.113. The van der Waals surface area contributed by atoms with E-state index in [-0.39, 0.29) is 29.4 Å². The van der Waals surface area contributed by atoms with Crippen molar-refractivity contribution in [3.8, 4) is 0 Å². The van der Waals surface area contributed by atoms with Crippen molar-refractivity contribution in [3.05, 3.63) is 0 Å². The summed E-state index contributed by atoms with van der Waals surface area (Å²) in [4.78, 5) is 4.47. The smallest absolute Gasteiger partial charge is 0.191 e. The van der Waals surface area contributed by atoms with Crippen LogP contribution in [-0.2, 0) is 4.74 Å². The Labute approximate surface area is 134 Å². The maximum absolute atomic E-state index is 5.95. The van der Waals surface area contributed by atoms with E-state index in [1.807, 2.05) is 0 Å². The highest BCUT2D eigenvalue weighted by Gasteiger charge is 2.49. The van der Waals surface area contributed by atoms with Gasteiger partial charge in [-0.25, -0.2) is 0 Å². The maximum Gasteiger partial charge on any atom is 0.191 e. The number of aliphatic imine (C=N–C) groups is 1. The number of halogens is 1. The number of ether oxygens (including phenoxy) is 1. The van der Waals surface area contributed by atoms with Gasteiger partial charge in [0.25, 0.3) is 0 Å². The Bertz CT molecular complexity index is 307. The van der Waals surface area contributed by atoms with Crippen molar-refractivity contribution in [2.75, 3.05) is 19.7 Å². The first kappa shape index (κ1) is 17.0. The van der Waals surface area contributed by atoms with E-state index in [1.165, 1.54) is 12.8 Å². The van der Waals surface area contributed by atoms with Gasteiger partial charge in [-0.1, -0.05) is 27.2 Å². The van der Waals surface area contributed by atoms with E-state index in [1.54, 1.807) is 0 Å². The molecular weight excluding hydrogens is 353 g/mol. The van der Waals surface area contributed by atoms with Crippen molar-refractivity contribution >= 4 is 29.9 Å². The molecule has 1 aliphatic carbocycles. The summed E-state index contributed by atoms with van der Waals surface area (Å²) >= 11 is 0. The van der Waals surface area contributed by atoms with Gasteiger partial charge in [-0.05, 0) is 19.3 Å². The van der Waals surface area contributed by atoms with Crippen molar-refractivity contribution < 1.29 is 4.74 Å². The molecule has 2 rings (SSSR count). The van der Waals surface area contributed by atoms with Crippen molar-refractivity contribution in [2.24, 2.45) is 10.4 Å². The number of unbranched alkanes of at least 4 members (excludes halogenated alkanes) is 1. The number of hydrogen-bond acceptors (Lipinski definition) is 4. The van der Waals surface area contributed by atoms with Crippen LogP contribution in [0.1, 0.15) is 46.5 Å². The number of nitrogens with one attached hydrogen (secondary N) is 2. The van der Waals surface area contributed by atoms with Crippen LogP contribution in [0.4, 0.5) is 0 Å². The molecule has 5 heteroatoms. The molecule has 2 unspecified atom stereocenters. The van der Waals surface area contributed by atoms with E-state index < -0.39 is 0 Å². The molecule has 1 aliphatic heterocycles. The largest absolute Gasteiger partial charge is 0.378 e. The molecule has 0 aromatic carbocycles.